The Morgan fingerprint density at radius 1 is 1.20 bits per heavy atom. The molecule has 0 fully saturated rings. The molecule has 0 aliphatic carbocycles. The predicted octanol–water partition coefficient (Wildman–Crippen LogP) is 4.72. The van der Waals surface area contributed by atoms with Gasteiger partial charge in [0.25, 0.3) is 10.0 Å². The van der Waals surface area contributed by atoms with E-state index in [0.717, 1.165) is 21.3 Å². The van der Waals surface area contributed by atoms with Crippen LogP contribution in [0, 0.1) is 0 Å². The Labute approximate surface area is 158 Å². The average Bonchev–Trinajstić information content (AvgIpc) is 2.89. The second-order valence-electron chi connectivity index (χ2n) is 6.69. The summed E-state index contributed by atoms with van der Waals surface area (Å²) in [6.07, 6.45) is 0.695. The molecule has 0 saturated heterocycles. The van der Waals surface area contributed by atoms with E-state index < -0.39 is 10.0 Å². The predicted molar refractivity (Wildman–Crippen MR) is 104 cm³/mol. The van der Waals surface area contributed by atoms with Crippen molar-refractivity contribution in [1.82, 2.24) is 0 Å². The highest BCUT2D eigenvalue weighted by atomic mass is 79.9. The molecule has 0 radical (unpaired) electrons. The Bertz CT molecular complexity index is 909. The van der Waals surface area contributed by atoms with Crippen molar-refractivity contribution in [2.24, 2.45) is 0 Å². The maximum atomic E-state index is 13.5. The first-order valence-electron chi connectivity index (χ1n) is 8.26. The number of nitrogens with zero attached hydrogens (tertiary/aromatic N) is 1. The molecule has 0 spiro atoms. The van der Waals surface area contributed by atoms with Crippen molar-refractivity contribution in [3.05, 3.63) is 52.0 Å². The SMILES string of the molecule is COc1ccc(C(C)C)cc1S(=O)(=O)N1c2ccc(Br)cc2C[C@@H]1C. The van der Waals surface area contributed by atoms with E-state index in [9.17, 15) is 8.42 Å². The molecular weight excluding hydrogens is 402 g/mol. The second-order valence-corrected chi connectivity index (χ2v) is 9.39. The van der Waals surface area contributed by atoms with Crippen LogP contribution in [0.3, 0.4) is 0 Å². The van der Waals surface area contributed by atoms with Crippen LogP contribution in [-0.4, -0.2) is 21.6 Å². The molecule has 2 aromatic carbocycles. The van der Waals surface area contributed by atoms with Crippen molar-refractivity contribution in [2.75, 3.05) is 11.4 Å². The minimum Gasteiger partial charge on any atom is -0.495 e. The summed E-state index contributed by atoms with van der Waals surface area (Å²) in [7, 11) is -2.22. The van der Waals surface area contributed by atoms with Crippen LogP contribution < -0.4 is 9.04 Å². The molecule has 0 bridgehead atoms. The van der Waals surface area contributed by atoms with E-state index in [0.29, 0.717) is 12.2 Å². The van der Waals surface area contributed by atoms with E-state index in [1.165, 1.54) is 11.4 Å². The third kappa shape index (κ3) is 3.17. The highest BCUT2D eigenvalue weighted by molar-refractivity contribution is 9.10. The molecule has 0 amide bonds. The van der Waals surface area contributed by atoms with Crippen LogP contribution >= 0.6 is 15.9 Å². The van der Waals surface area contributed by atoms with Crippen LogP contribution in [0.25, 0.3) is 0 Å². The fourth-order valence-electron chi connectivity index (χ4n) is 3.30. The lowest BCUT2D eigenvalue weighted by atomic mass is 10.0. The number of hydrogen-bond acceptors (Lipinski definition) is 3. The topological polar surface area (TPSA) is 46.6 Å². The molecular formula is C19H22BrNO3S. The molecule has 134 valence electrons. The van der Waals surface area contributed by atoms with Gasteiger partial charge in [-0.3, -0.25) is 4.31 Å². The maximum Gasteiger partial charge on any atom is 0.268 e. The van der Waals surface area contributed by atoms with Gasteiger partial charge in [0.1, 0.15) is 10.6 Å². The van der Waals surface area contributed by atoms with Crippen molar-refractivity contribution >= 4 is 31.6 Å². The zero-order valence-electron chi connectivity index (χ0n) is 14.8. The van der Waals surface area contributed by atoms with Crippen molar-refractivity contribution in [3.63, 3.8) is 0 Å². The smallest absolute Gasteiger partial charge is 0.268 e. The second kappa shape index (κ2) is 6.65. The highest BCUT2D eigenvalue weighted by Gasteiger charge is 2.37. The Morgan fingerprint density at radius 3 is 2.56 bits per heavy atom. The maximum absolute atomic E-state index is 13.5. The summed E-state index contributed by atoms with van der Waals surface area (Å²) in [4.78, 5) is 0.226. The average molecular weight is 424 g/mol. The minimum absolute atomic E-state index is 0.137. The first kappa shape index (κ1) is 18.3. The Morgan fingerprint density at radius 2 is 1.92 bits per heavy atom. The zero-order valence-corrected chi connectivity index (χ0v) is 17.2. The van der Waals surface area contributed by atoms with Crippen LogP contribution in [0.4, 0.5) is 5.69 Å². The number of benzene rings is 2. The summed E-state index contributed by atoms with van der Waals surface area (Å²) in [5.74, 6) is 0.612. The summed E-state index contributed by atoms with van der Waals surface area (Å²) >= 11 is 3.46. The molecule has 0 saturated carbocycles. The van der Waals surface area contributed by atoms with Gasteiger partial charge in [-0.05, 0) is 60.7 Å². The molecule has 1 aliphatic rings. The Hall–Kier alpha value is -1.53. The van der Waals surface area contributed by atoms with E-state index in [4.69, 9.17) is 4.74 Å². The Balaban J connectivity index is 2.16. The zero-order chi connectivity index (χ0) is 18.4. The largest absolute Gasteiger partial charge is 0.495 e. The summed E-state index contributed by atoms with van der Waals surface area (Å²) in [6, 6.07) is 11.0. The molecule has 0 aromatic heterocycles. The number of halogens is 1. The summed E-state index contributed by atoms with van der Waals surface area (Å²) in [5.41, 5.74) is 2.75. The van der Waals surface area contributed by atoms with Crippen molar-refractivity contribution in [1.29, 1.82) is 0 Å². The van der Waals surface area contributed by atoms with Gasteiger partial charge in [-0.15, -0.1) is 0 Å². The van der Waals surface area contributed by atoms with Gasteiger partial charge < -0.3 is 4.74 Å². The van der Waals surface area contributed by atoms with Crippen LogP contribution in [0.2, 0.25) is 0 Å². The van der Waals surface area contributed by atoms with Crippen LogP contribution in [-0.2, 0) is 16.4 Å². The van der Waals surface area contributed by atoms with Gasteiger partial charge in [-0.25, -0.2) is 8.42 Å². The number of methoxy groups -OCH3 is 1. The van der Waals surface area contributed by atoms with E-state index in [1.807, 2.05) is 45.0 Å². The Kier molecular flexibility index (Phi) is 4.86. The van der Waals surface area contributed by atoms with Crippen molar-refractivity contribution in [2.45, 2.75) is 44.0 Å². The first-order valence-corrected chi connectivity index (χ1v) is 10.5. The van der Waals surface area contributed by atoms with Gasteiger partial charge in [0.2, 0.25) is 0 Å². The van der Waals surface area contributed by atoms with Crippen molar-refractivity contribution in [3.8, 4) is 5.75 Å². The highest BCUT2D eigenvalue weighted by Crippen LogP contribution is 2.40. The van der Waals surface area contributed by atoms with E-state index in [-0.39, 0.29) is 16.9 Å². The van der Waals surface area contributed by atoms with Gasteiger partial charge in [-0.1, -0.05) is 35.8 Å². The molecule has 3 rings (SSSR count). The number of ether oxygens (including phenoxy) is 1. The van der Waals surface area contributed by atoms with Gasteiger partial charge in [0, 0.05) is 10.5 Å². The molecule has 4 nitrogen and oxygen atoms in total. The molecule has 1 aliphatic heterocycles. The normalized spacial score (nSPS) is 17.0. The lowest BCUT2D eigenvalue weighted by Gasteiger charge is -2.26. The summed E-state index contributed by atoms with van der Waals surface area (Å²) in [5, 5.41) is 0. The fraction of sp³-hybridized carbons (Fsp3) is 0.368. The van der Waals surface area contributed by atoms with Gasteiger partial charge >= 0.3 is 0 Å². The van der Waals surface area contributed by atoms with E-state index >= 15 is 0 Å². The first-order chi connectivity index (χ1) is 11.8. The lowest BCUT2D eigenvalue weighted by molar-refractivity contribution is 0.402. The lowest BCUT2D eigenvalue weighted by Crippen LogP contribution is -2.36. The molecule has 0 N–H and O–H groups in total. The molecule has 1 heterocycles. The van der Waals surface area contributed by atoms with Crippen molar-refractivity contribution < 1.29 is 13.2 Å². The number of rotatable bonds is 4. The minimum atomic E-state index is -3.72. The number of hydrogen-bond donors (Lipinski definition) is 0. The third-order valence-electron chi connectivity index (χ3n) is 4.59. The fourth-order valence-corrected chi connectivity index (χ4v) is 5.59. The number of anilines is 1. The van der Waals surface area contributed by atoms with Gasteiger partial charge in [0.15, 0.2) is 0 Å². The van der Waals surface area contributed by atoms with Gasteiger partial charge in [-0.2, -0.15) is 0 Å². The quantitative estimate of drug-likeness (QED) is 0.714. The van der Waals surface area contributed by atoms with Crippen LogP contribution in [0.15, 0.2) is 45.8 Å². The molecule has 1 atom stereocenters. The van der Waals surface area contributed by atoms with E-state index in [1.54, 1.807) is 12.1 Å². The molecule has 25 heavy (non-hydrogen) atoms. The van der Waals surface area contributed by atoms with Crippen LogP contribution in [0.1, 0.15) is 37.8 Å². The standard InChI is InChI=1S/C19H22BrNO3S/c1-12(2)14-5-8-18(24-4)19(11-14)25(22,23)21-13(3)9-15-10-16(20)6-7-17(15)21/h5-8,10-13H,9H2,1-4H3/t13-/m0/s1. The molecule has 0 unspecified atom stereocenters. The molecule has 2 aromatic rings. The van der Waals surface area contributed by atoms with E-state index in [2.05, 4.69) is 15.9 Å². The molecule has 6 heteroatoms. The van der Waals surface area contributed by atoms with Gasteiger partial charge in [0.05, 0.1) is 12.8 Å². The summed E-state index contributed by atoms with van der Waals surface area (Å²) < 4.78 is 34.8. The number of fused-ring (bicyclic) bond motifs is 1. The van der Waals surface area contributed by atoms with Crippen LogP contribution in [0.5, 0.6) is 5.75 Å². The monoisotopic (exact) mass is 423 g/mol. The summed E-state index contributed by atoms with van der Waals surface area (Å²) in [6.45, 7) is 6.03. The third-order valence-corrected chi connectivity index (χ3v) is 7.03. The number of sulfonamides is 1.